The van der Waals surface area contributed by atoms with Crippen molar-refractivity contribution in [2.24, 2.45) is 5.92 Å². The predicted molar refractivity (Wildman–Crippen MR) is 87.1 cm³/mol. The molecule has 2 unspecified atom stereocenters. The van der Waals surface area contributed by atoms with Crippen LogP contribution in [0.15, 0.2) is 24.3 Å². The van der Waals surface area contributed by atoms with Gasteiger partial charge in [0.15, 0.2) is 0 Å². The molecule has 114 valence electrons. The van der Waals surface area contributed by atoms with Crippen molar-refractivity contribution in [2.75, 3.05) is 13.1 Å². The highest BCUT2D eigenvalue weighted by molar-refractivity contribution is 5.24. The van der Waals surface area contributed by atoms with E-state index in [1.807, 2.05) is 0 Å². The molecule has 2 heteroatoms. The third-order valence-electron chi connectivity index (χ3n) is 3.66. The van der Waals surface area contributed by atoms with E-state index < -0.39 is 0 Å². The van der Waals surface area contributed by atoms with E-state index in [1.54, 1.807) is 0 Å². The van der Waals surface area contributed by atoms with Gasteiger partial charge in [0, 0.05) is 6.54 Å². The summed E-state index contributed by atoms with van der Waals surface area (Å²) in [5.41, 5.74) is 2.66. The van der Waals surface area contributed by atoms with Gasteiger partial charge in [-0.15, -0.1) is 0 Å². The highest BCUT2D eigenvalue weighted by Gasteiger charge is 2.06. The number of hydrogen-bond acceptors (Lipinski definition) is 2. The standard InChI is InChI=1S/C18H31NO/c1-6-16(5)20-13-17-7-9-18(10-8-17)15(4)12-19-11-14(2)3/h7-10,14-16,19H,6,11-13H2,1-5H3. The maximum absolute atomic E-state index is 5.76. The van der Waals surface area contributed by atoms with Crippen LogP contribution in [0.3, 0.4) is 0 Å². The molecular weight excluding hydrogens is 246 g/mol. The second-order valence-electron chi connectivity index (χ2n) is 6.22. The molecule has 20 heavy (non-hydrogen) atoms. The summed E-state index contributed by atoms with van der Waals surface area (Å²) in [6, 6.07) is 8.85. The predicted octanol–water partition coefficient (Wildman–Crippen LogP) is 4.35. The van der Waals surface area contributed by atoms with Crippen molar-refractivity contribution in [3.8, 4) is 0 Å². The summed E-state index contributed by atoms with van der Waals surface area (Å²) in [6.45, 7) is 13.9. The van der Waals surface area contributed by atoms with Gasteiger partial charge in [0.2, 0.25) is 0 Å². The molecule has 0 amide bonds. The zero-order chi connectivity index (χ0) is 15.0. The second kappa shape index (κ2) is 9.15. The quantitative estimate of drug-likeness (QED) is 0.724. The molecule has 1 aromatic rings. The Hall–Kier alpha value is -0.860. The Labute approximate surface area is 124 Å². The topological polar surface area (TPSA) is 21.3 Å². The summed E-state index contributed by atoms with van der Waals surface area (Å²) in [5, 5.41) is 3.52. The Morgan fingerprint density at radius 3 is 2.20 bits per heavy atom. The van der Waals surface area contributed by atoms with Crippen molar-refractivity contribution >= 4 is 0 Å². The van der Waals surface area contributed by atoms with Crippen LogP contribution in [0.4, 0.5) is 0 Å². The Bertz CT molecular complexity index is 358. The van der Waals surface area contributed by atoms with Gasteiger partial charge in [-0.1, -0.05) is 52.0 Å². The van der Waals surface area contributed by atoms with E-state index in [-0.39, 0.29) is 0 Å². The zero-order valence-corrected chi connectivity index (χ0v) is 13.8. The van der Waals surface area contributed by atoms with E-state index in [0.29, 0.717) is 17.9 Å². The lowest BCUT2D eigenvalue weighted by atomic mass is 9.99. The Morgan fingerprint density at radius 2 is 1.65 bits per heavy atom. The van der Waals surface area contributed by atoms with Crippen molar-refractivity contribution in [3.63, 3.8) is 0 Å². The zero-order valence-electron chi connectivity index (χ0n) is 13.8. The number of benzene rings is 1. The van der Waals surface area contributed by atoms with Gasteiger partial charge >= 0.3 is 0 Å². The molecule has 0 aromatic heterocycles. The first-order valence-corrected chi connectivity index (χ1v) is 7.94. The van der Waals surface area contributed by atoms with E-state index in [1.165, 1.54) is 11.1 Å². The molecule has 1 rings (SSSR count). The van der Waals surface area contributed by atoms with Gasteiger partial charge in [-0.3, -0.25) is 0 Å². The number of nitrogens with one attached hydrogen (secondary N) is 1. The van der Waals surface area contributed by atoms with Crippen LogP contribution in [0.25, 0.3) is 0 Å². The van der Waals surface area contributed by atoms with Crippen molar-refractivity contribution in [1.82, 2.24) is 5.32 Å². The number of rotatable bonds is 9. The molecule has 0 heterocycles. The summed E-state index contributed by atoms with van der Waals surface area (Å²) >= 11 is 0. The molecular formula is C18H31NO. The van der Waals surface area contributed by atoms with Gasteiger partial charge in [-0.05, 0) is 42.9 Å². The van der Waals surface area contributed by atoms with E-state index in [4.69, 9.17) is 4.74 Å². The summed E-state index contributed by atoms with van der Waals surface area (Å²) in [6.07, 6.45) is 1.41. The third-order valence-corrected chi connectivity index (χ3v) is 3.66. The Morgan fingerprint density at radius 1 is 1.00 bits per heavy atom. The lowest BCUT2D eigenvalue weighted by molar-refractivity contribution is 0.0508. The average molecular weight is 277 g/mol. The van der Waals surface area contributed by atoms with Crippen molar-refractivity contribution in [1.29, 1.82) is 0 Å². The molecule has 0 fully saturated rings. The first kappa shape index (κ1) is 17.2. The SMILES string of the molecule is CCC(C)OCc1ccc(C(C)CNCC(C)C)cc1. The monoisotopic (exact) mass is 277 g/mol. The van der Waals surface area contributed by atoms with Gasteiger partial charge in [-0.25, -0.2) is 0 Å². The first-order chi connectivity index (χ1) is 9.52. The van der Waals surface area contributed by atoms with Crippen LogP contribution in [0.5, 0.6) is 0 Å². The number of ether oxygens (including phenoxy) is 1. The maximum Gasteiger partial charge on any atom is 0.0720 e. The maximum atomic E-state index is 5.76. The first-order valence-electron chi connectivity index (χ1n) is 7.94. The van der Waals surface area contributed by atoms with Gasteiger partial charge < -0.3 is 10.1 Å². The van der Waals surface area contributed by atoms with Gasteiger partial charge in [0.05, 0.1) is 12.7 Å². The third kappa shape index (κ3) is 6.53. The summed E-state index contributed by atoms with van der Waals surface area (Å²) < 4.78 is 5.76. The second-order valence-corrected chi connectivity index (χ2v) is 6.22. The molecule has 0 aliphatic heterocycles. The fraction of sp³-hybridized carbons (Fsp3) is 0.667. The molecule has 0 spiro atoms. The minimum absolute atomic E-state index is 0.342. The smallest absolute Gasteiger partial charge is 0.0720 e. The molecule has 1 aromatic carbocycles. The molecule has 0 saturated heterocycles. The highest BCUT2D eigenvalue weighted by atomic mass is 16.5. The molecule has 1 N–H and O–H groups in total. The van der Waals surface area contributed by atoms with Crippen LogP contribution in [0.2, 0.25) is 0 Å². The molecule has 2 nitrogen and oxygen atoms in total. The van der Waals surface area contributed by atoms with Crippen molar-refractivity contribution in [2.45, 2.75) is 59.7 Å². The fourth-order valence-electron chi connectivity index (χ4n) is 2.01. The Balaban J connectivity index is 2.40. The van der Waals surface area contributed by atoms with Crippen molar-refractivity contribution in [3.05, 3.63) is 35.4 Å². The van der Waals surface area contributed by atoms with Crippen LogP contribution >= 0.6 is 0 Å². The van der Waals surface area contributed by atoms with Gasteiger partial charge in [0.1, 0.15) is 0 Å². The van der Waals surface area contributed by atoms with E-state index in [0.717, 1.165) is 26.1 Å². The van der Waals surface area contributed by atoms with Gasteiger partial charge in [0.25, 0.3) is 0 Å². The van der Waals surface area contributed by atoms with Crippen LogP contribution in [0.1, 0.15) is 58.1 Å². The highest BCUT2D eigenvalue weighted by Crippen LogP contribution is 2.16. The van der Waals surface area contributed by atoms with Crippen LogP contribution < -0.4 is 5.32 Å². The van der Waals surface area contributed by atoms with E-state index >= 15 is 0 Å². The van der Waals surface area contributed by atoms with Crippen molar-refractivity contribution < 1.29 is 4.74 Å². The molecule has 0 radical (unpaired) electrons. The largest absolute Gasteiger partial charge is 0.374 e. The summed E-state index contributed by atoms with van der Waals surface area (Å²) in [7, 11) is 0. The minimum atomic E-state index is 0.342. The van der Waals surface area contributed by atoms with Crippen LogP contribution in [-0.4, -0.2) is 19.2 Å². The molecule has 0 saturated carbocycles. The van der Waals surface area contributed by atoms with Crippen LogP contribution in [0, 0.1) is 5.92 Å². The lowest BCUT2D eigenvalue weighted by Gasteiger charge is -2.15. The normalized spacial score (nSPS) is 14.5. The van der Waals surface area contributed by atoms with E-state index in [2.05, 4.69) is 64.2 Å². The lowest BCUT2D eigenvalue weighted by Crippen LogP contribution is -2.24. The average Bonchev–Trinajstić information content (AvgIpc) is 2.44. The number of hydrogen-bond donors (Lipinski definition) is 1. The molecule has 2 atom stereocenters. The minimum Gasteiger partial charge on any atom is -0.374 e. The van der Waals surface area contributed by atoms with E-state index in [9.17, 15) is 0 Å². The fourth-order valence-corrected chi connectivity index (χ4v) is 2.01. The van der Waals surface area contributed by atoms with Crippen LogP contribution in [-0.2, 0) is 11.3 Å². The summed E-state index contributed by atoms with van der Waals surface area (Å²) in [5.74, 6) is 1.26. The summed E-state index contributed by atoms with van der Waals surface area (Å²) in [4.78, 5) is 0. The van der Waals surface area contributed by atoms with Gasteiger partial charge in [-0.2, -0.15) is 0 Å². The Kier molecular flexibility index (Phi) is 7.86. The molecule has 0 aliphatic carbocycles. The molecule has 0 aliphatic rings. The molecule has 0 bridgehead atoms.